The Bertz CT molecular complexity index is 1020. The van der Waals surface area contributed by atoms with Gasteiger partial charge in [0.05, 0.1) is 11.4 Å². The molecule has 4 rings (SSSR count). The van der Waals surface area contributed by atoms with Crippen molar-refractivity contribution in [3.05, 3.63) is 76.6 Å². The highest BCUT2D eigenvalue weighted by Crippen LogP contribution is 2.21. The molecule has 0 saturated carbocycles. The summed E-state index contributed by atoms with van der Waals surface area (Å²) >= 11 is 6.10. The van der Waals surface area contributed by atoms with Crippen LogP contribution in [0.15, 0.2) is 54.6 Å². The van der Waals surface area contributed by atoms with Crippen molar-refractivity contribution in [3.63, 3.8) is 0 Å². The third-order valence-electron chi connectivity index (χ3n) is 5.62. The number of aromatic nitrogens is 2. The molecule has 5 nitrogen and oxygen atoms in total. The molecule has 1 aromatic heterocycles. The molecule has 1 aliphatic heterocycles. The fourth-order valence-electron chi connectivity index (χ4n) is 3.99. The van der Waals surface area contributed by atoms with Crippen LogP contribution in [0.1, 0.15) is 23.4 Å². The normalized spacial score (nSPS) is 14.2. The summed E-state index contributed by atoms with van der Waals surface area (Å²) in [6.45, 7) is 7.23. The molecule has 2 aromatic carbocycles. The molecular formula is C24H27ClN4O. The highest BCUT2D eigenvalue weighted by Gasteiger charge is 2.21. The summed E-state index contributed by atoms with van der Waals surface area (Å²) in [5.74, 6) is 0.225. The van der Waals surface area contributed by atoms with Crippen molar-refractivity contribution in [3.8, 4) is 5.69 Å². The van der Waals surface area contributed by atoms with Crippen LogP contribution in [0, 0.1) is 13.8 Å². The smallest absolute Gasteiger partial charge is 0.223 e. The lowest BCUT2D eigenvalue weighted by Gasteiger charge is -2.36. The van der Waals surface area contributed by atoms with E-state index in [-0.39, 0.29) is 5.91 Å². The number of rotatable bonds is 5. The van der Waals surface area contributed by atoms with E-state index in [1.165, 1.54) is 5.56 Å². The Morgan fingerprint density at radius 2 is 1.70 bits per heavy atom. The number of carbonyl (C=O) groups is 1. The fourth-order valence-corrected chi connectivity index (χ4v) is 4.17. The molecule has 1 aliphatic rings. The SMILES string of the molecule is Cc1cc(C)n(-c2ccc(CCC(=O)N3CCN(c4cccc(Cl)c4)CC3)cc2)n1. The maximum Gasteiger partial charge on any atom is 0.223 e. The Morgan fingerprint density at radius 3 is 2.33 bits per heavy atom. The van der Waals surface area contributed by atoms with Gasteiger partial charge in [-0.2, -0.15) is 5.10 Å². The molecular weight excluding hydrogens is 396 g/mol. The van der Waals surface area contributed by atoms with Crippen molar-refractivity contribution in [1.29, 1.82) is 0 Å². The van der Waals surface area contributed by atoms with Crippen LogP contribution >= 0.6 is 11.6 Å². The number of hydrogen-bond acceptors (Lipinski definition) is 3. The first-order chi connectivity index (χ1) is 14.5. The van der Waals surface area contributed by atoms with Gasteiger partial charge < -0.3 is 9.80 Å². The summed E-state index contributed by atoms with van der Waals surface area (Å²) in [5.41, 5.74) is 5.47. The van der Waals surface area contributed by atoms with Crippen LogP contribution in [-0.2, 0) is 11.2 Å². The number of piperazine rings is 1. The van der Waals surface area contributed by atoms with Gasteiger partial charge in [0, 0.05) is 49.0 Å². The predicted molar refractivity (Wildman–Crippen MR) is 122 cm³/mol. The summed E-state index contributed by atoms with van der Waals surface area (Å²) in [6, 6.07) is 18.3. The first-order valence-electron chi connectivity index (χ1n) is 10.4. The van der Waals surface area contributed by atoms with Crippen LogP contribution in [0.25, 0.3) is 5.69 Å². The average molecular weight is 423 g/mol. The maximum absolute atomic E-state index is 12.7. The van der Waals surface area contributed by atoms with Crippen LogP contribution in [-0.4, -0.2) is 46.8 Å². The number of aryl methyl sites for hydroxylation is 3. The lowest BCUT2D eigenvalue weighted by molar-refractivity contribution is -0.131. The fraction of sp³-hybridized carbons (Fsp3) is 0.333. The zero-order valence-corrected chi connectivity index (χ0v) is 18.3. The lowest BCUT2D eigenvalue weighted by Crippen LogP contribution is -2.48. The van der Waals surface area contributed by atoms with Gasteiger partial charge in [-0.15, -0.1) is 0 Å². The second-order valence-corrected chi connectivity index (χ2v) is 8.29. The summed E-state index contributed by atoms with van der Waals surface area (Å²) in [7, 11) is 0. The molecule has 1 saturated heterocycles. The van der Waals surface area contributed by atoms with E-state index in [0.717, 1.165) is 60.4 Å². The maximum atomic E-state index is 12.7. The lowest BCUT2D eigenvalue weighted by atomic mass is 10.1. The number of nitrogens with zero attached hydrogens (tertiary/aromatic N) is 4. The van der Waals surface area contributed by atoms with Gasteiger partial charge in [-0.25, -0.2) is 4.68 Å². The average Bonchev–Trinajstić information content (AvgIpc) is 3.10. The topological polar surface area (TPSA) is 41.4 Å². The molecule has 3 aromatic rings. The van der Waals surface area contributed by atoms with Crippen molar-refractivity contribution in [1.82, 2.24) is 14.7 Å². The zero-order chi connectivity index (χ0) is 21.1. The van der Waals surface area contributed by atoms with Crippen LogP contribution in [0.3, 0.4) is 0 Å². The Kier molecular flexibility index (Phi) is 6.09. The molecule has 1 amide bonds. The Hall–Kier alpha value is -2.79. The van der Waals surface area contributed by atoms with Gasteiger partial charge in [0.1, 0.15) is 0 Å². The van der Waals surface area contributed by atoms with Crippen molar-refractivity contribution in [2.24, 2.45) is 0 Å². The van der Waals surface area contributed by atoms with Gasteiger partial charge in [0.25, 0.3) is 0 Å². The summed E-state index contributed by atoms with van der Waals surface area (Å²) < 4.78 is 1.95. The molecule has 0 aliphatic carbocycles. The van der Waals surface area contributed by atoms with Crippen molar-refractivity contribution in [2.45, 2.75) is 26.7 Å². The standard InChI is InChI=1S/C24H27ClN4O/c1-18-16-19(2)29(26-18)22-9-6-20(7-10-22)8-11-24(30)28-14-12-27(13-15-28)23-5-3-4-21(25)17-23/h3-7,9-10,16-17H,8,11-15H2,1-2H3. The molecule has 0 spiro atoms. The van der Waals surface area contributed by atoms with Crippen molar-refractivity contribution >= 4 is 23.2 Å². The molecule has 0 radical (unpaired) electrons. The molecule has 156 valence electrons. The van der Waals surface area contributed by atoms with E-state index in [0.29, 0.717) is 6.42 Å². The van der Waals surface area contributed by atoms with Crippen LogP contribution in [0.2, 0.25) is 5.02 Å². The van der Waals surface area contributed by atoms with E-state index in [4.69, 9.17) is 11.6 Å². The molecule has 0 N–H and O–H groups in total. The minimum Gasteiger partial charge on any atom is -0.368 e. The van der Waals surface area contributed by atoms with Gasteiger partial charge in [-0.3, -0.25) is 4.79 Å². The highest BCUT2D eigenvalue weighted by atomic mass is 35.5. The first kappa shape index (κ1) is 20.5. The molecule has 2 heterocycles. The number of halogens is 1. The highest BCUT2D eigenvalue weighted by molar-refractivity contribution is 6.30. The molecule has 0 atom stereocenters. The third-order valence-corrected chi connectivity index (χ3v) is 5.86. The van der Waals surface area contributed by atoms with E-state index in [2.05, 4.69) is 53.3 Å². The summed E-state index contributed by atoms with van der Waals surface area (Å²) in [5, 5.41) is 5.27. The van der Waals surface area contributed by atoms with E-state index in [1.807, 2.05) is 34.7 Å². The molecule has 1 fully saturated rings. The van der Waals surface area contributed by atoms with Gasteiger partial charge >= 0.3 is 0 Å². The predicted octanol–water partition coefficient (Wildman–Crippen LogP) is 4.42. The minimum absolute atomic E-state index is 0.225. The van der Waals surface area contributed by atoms with Gasteiger partial charge in [0.2, 0.25) is 5.91 Å². The second-order valence-electron chi connectivity index (χ2n) is 7.85. The number of carbonyl (C=O) groups excluding carboxylic acids is 1. The van der Waals surface area contributed by atoms with E-state index >= 15 is 0 Å². The number of benzene rings is 2. The van der Waals surface area contributed by atoms with Gasteiger partial charge in [0.15, 0.2) is 0 Å². The summed E-state index contributed by atoms with van der Waals surface area (Å²) in [4.78, 5) is 16.9. The quantitative estimate of drug-likeness (QED) is 0.611. The molecule has 30 heavy (non-hydrogen) atoms. The minimum atomic E-state index is 0.225. The Labute approximate surface area is 182 Å². The summed E-state index contributed by atoms with van der Waals surface area (Å²) in [6.07, 6.45) is 1.29. The second kappa shape index (κ2) is 8.92. The Morgan fingerprint density at radius 1 is 0.967 bits per heavy atom. The molecule has 0 bridgehead atoms. The zero-order valence-electron chi connectivity index (χ0n) is 17.5. The largest absolute Gasteiger partial charge is 0.368 e. The number of amides is 1. The molecule has 6 heteroatoms. The van der Waals surface area contributed by atoms with Crippen LogP contribution in [0.5, 0.6) is 0 Å². The molecule has 0 unspecified atom stereocenters. The van der Waals surface area contributed by atoms with Crippen LogP contribution in [0.4, 0.5) is 5.69 Å². The van der Waals surface area contributed by atoms with Crippen molar-refractivity contribution < 1.29 is 4.79 Å². The number of anilines is 1. The van der Waals surface area contributed by atoms with Gasteiger partial charge in [-0.05, 0) is 62.2 Å². The monoisotopic (exact) mass is 422 g/mol. The third kappa shape index (κ3) is 4.68. The van der Waals surface area contributed by atoms with E-state index in [9.17, 15) is 4.79 Å². The first-order valence-corrected chi connectivity index (χ1v) is 10.8. The van der Waals surface area contributed by atoms with Crippen LogP contribution < -0.4 is 4.90 Å². The van der Waals surface area contributed by atoms with E-state index < -0.39 is 0 Å². The Balaban J connectivity index is 1.28. The number of hydrogen-bond donors (Lipinski definition) is 0. The van der Waals surface area contributed by atoms with Crippen molar-refractivity contribution in [2.75, 3.05) is 31.1 Å². The van der Waals surface area contributed by atoms with Gasteiger partial charge in [-0.1, -0.05) is 29.8 Å². The van der Waals surface area contributed by atoms with E-state index in [1.54, 1.807) is 0 Å².